The summed E-state index contributed by atoms with van der Waals surface area (Å²) >= 11 is 1.87. The van der Waals surface area contributed by atoms with Crippen LogP contribution in [-0.4, -0.2) is 23.0 Å². The Labute approximate surface area is 101 Å². The molecule has 1 aliphatic heterocycles. The number of fused-ring (bicyclic) bond motifs is 1. The van der Waals surface area contributed by atoms with Crippen LogP contribution in [0.5, 0.6) is 0 Å². The maximum absolute atomic E-state index is 4.51. The molecule has 1 aliphatic carbocycles. The highest BCUT2D eigenvalue weighted by Gasteiger charge is 2.24. The molecule has 1 aromatic rings. The summed E-state index contributed by atoms with van der Waals surface area (Å²) in [5, 5.41) is 5.36. The van der Waals surface area contributed by atoms with Gasteiger partial charge in [0.1, 0.15) is 0 Å². The van der Waals surface area contributed by atoms with Crippen LogP contribution in [0, 0.1) is 0 Å². The van der Waals surface area contributed by atoms with Gasteiger partial charge in [0.05, 0.1) is 6.54 Å². The highest BCUT2D eigenvalue weighted by atomic mass is 32.2. The Morgan fingerprint density at radius 3 is 2.50 bits per heavy atom. The van der Waals surface area contributed by atoms with Crippen molar-refractivity contribution in [1.82, 2.24) is 5.32 Å². The SMILES string of the molecule is CC1CN=C(NC2Cc3ccccc3C2)S1. The van der Waals surface area contributed by atoms with Gasteiger partial charge in [0.25, 0.3) is 0 Å². The summed E-state index contributed by atoms with van der Waals surface area (Å²) in [5.41, 5.74) is 2.99. The van der Waals surface area contributed by atoms with E-state index in [-0.39, 0.29) is 0 Å². The highest BCUT2D eigenvalue weighted by Crippen LogP contribution is 2.24. The lowest BCUT2D eigenvalue weighted by molar-refractivity contribution is 0.648. The largest absolute Gasteiger partial charge is 0.362 e. The quantitative estimate of drug-likeness (QED) is 0.803. The van der Waals surface area contributed by atoms with Gasteiger partial charge in [-0.25, -0.2) is 0 Å². The molecule has 0 saturated heterocycles. The Morgan fingerprint density at radius 2 is 1.94 bits per heavy atom. The van der Waals surface area contributed by atoms with Crippen LogP contribution in [0.2, 0.25) is 0 Å². The van der Waals surface area contributed by atoms with Crippen molar-refractivity contribution in [2.24, 2.45) is 4.99 Å². The molecule has 0 amide bonds. The van der Waals surface area contributed by atoms with E-state index < -0.39 is 0 Å². The van der Waals surface area contributed by atoms with E-state index in [1.54, 1.807) is 0 Å². The summed E-state index contributed by atoms with van der Waals surface area (Å²) in [6.07, 6.45) is 2.29. The minimum Gasteiger partial charge on any atom is -0.362 e. The van der Waals surface area contributed by atoms with E-state index in [4.69, 9.17) is 0 Å². The molecule has 2 aliphatic rings. The number of hydrogen-bond donors (Lipinski definition) is 1. The first-order chi connectivity index (χ1) is 7.81. The second-order valence-electron chi connectivity index (χ2n) is 4.59. The van der Waals surface area contributed by atoms with Crippen LogP contribution in [0.15, 0.2) is 29.3 Å². The molecule has 0 spiro atoms. The Bertz CT molecular complexity index is 403. The molecule has 1 N–H and O–H groups in total. The molecule has 1 aromatic carbocycles. The maximum atomic E-state index is 4.51. The third-order valence-electron chi connectivity index (χ3n) is 3.18. The van der Waals surface area contributed by atoms with E-state index in [1.165, 1.54) is 11.1 Å². The Balaban J connectivity index is 1.64. The minimum absolute atomic E-state index is 0.550. The van der Waals surface area contributed by atoms with Gasteiger partial charge in [-0.05, 0) is 24.0 Å². The lowest BCUT2D eigenvalue weighted by atomic mass is 10.1. The molecular weight excluding hydrogens is 216 g/mol. The van der Waals surface area contributed by atoms with Crippen molar-refractivity contribution in [3.63, 3.8) is 0 Å². The van der Waals surface area contributed by atoms with Crippen LogP contribution in [0.1, 0.15) is 18.1 Å². The van der Waals surface area contributed by atoms with E-state index in [9.17, 15) is 0 Å². The molecule has 16 heavy (non-hydrogen) atoms. The molecule has 2 nitrogen and oxygen atoms in total. The molecule has 1 atom stereocenters. The summed E-state index contributed by atoms with van der Waals surface area (Å²) in [6.45, 7) is 3.19. The number of thioether (sulfide) groups is 1. The fourth-order valence-corrected chi connectivity index (χ4v) is 3.31. The Hall–Kier alpha value is -0.960. The third-order valence-corrected chi connectivity index (χ3v) is 4.21. The van der Waals surface area contributed by atoms with Gasteiger partial charge < -0.3 is 5.32 Å². The number of nitrogens with one attached hydrogen (secondary N) is 1. The number of nitrogens with zero attached hydrogens (tertiary/aromatic N) is 1. The van der Waals surface area contributed by atoms with Crippen molar-refractivity contribution in [3.8, 4) is 0 Å². The van der Waals surface area contributed by atoms with E-state index in [1.807, 2.05) is 11.8 Å². The molecular formula is C13H16N2S. The molecule has 1 heterocycles. The Morgan fingerprint density at radius 1 is 1.25 bits per heavy atom. The van der Waals surface area contributed by atoms with Crippen molar-refractivity contribution < 1.29 is 0 Å². The predicted molar refractivity (Wildman–Crippen MR) is 70.1 cm³/mol. The van der Waals surface area contributed by atoms with E-state index in [0.717, 1.165) is 24.6 Å². The molecule has 84 valence electrons. The first-order valence-corrected chi connectivity index (χ1v) is 6.73. The fraction of sp³-hybridized carbons (Fsp3) is 0.462. The van der Waals surface area contributed by atoms with Crippen molar-refractivity contribution in [2.75, 3.05) is 6.54 Å². The van der Waals surface area contributed by atoms with Crippen LogP contribution < -0.4 is 5.32 Å². The van der Waals surface area contributed by atoms with Gasteiger partial charge >= 0.3 is 0 Å². The summed E-state index contributed by atoms with van der Waals surface area (Å²) in [7, 11) is 0. The second-order valence-corrected chi connectivity index (χ2v) is 6.02. The number of aliphatic imine (C=N–C) groups is 1. The standard InChI is InChI=1S/C13H16N2S/c1-9-8-14-13(16-9)15-12-6-10-4-2-3-5-11(10)7-12/h2-5,9,12H,6-8H2,1H3,(H,14,15). The summed E-state index contributed by atoms with van der Waals surface area (Å²) in [6, 6.07) is 9.29. The minimum atomic E-state index is 0.550. The number of rotatable bonds is 1. The number of hydrogen-bond acceptors (Lipinski definition) is 3. The zero-order chi connectivity index (χ0) is 11.0. The Kier molecular flexibility index (Phi) is 2.64. The summed E-state index contributed by atoms with van der Waals surface area (Å²) in [4.78, 5) is 4.51. The molecule has 0 aromatic heterocycles. The van der Waals surface area contributed by atoms with Gasteiger partial charge in [-0.2, -0.15) is 0 Å². The number of amidine groups is 1. The van der Waals surface area contributed by atoms with Crippen LogP contribution >= 0.6 is 11.8 Å². The van der Waals surface area contributed by atoms with Crippen molar-refractivity contribution >= 4 is 16.9 Å². The van der Waals surface area contributed by atoms with Crippen LogP contribution in [-0.2, 0) is 12.8 Å². The van der Waals surface area contributed by atoms with Gasteiger partial charge in [-0.15, -0.1) is 0 Å². The fourth-order valence-electron chi connectivity index (χ4n) is 2.39. The van der Waals surface area contributed by atoms with Crippen molar-refractivity contribution in [1.29, 1.82) is 0 Å². The van der Waals surface area contributed by atoms with Crippen LogP contribution in [0.4, 0.5) is 0 Å². The van der Waals surface area contributed by atoms with E-state index in [2.05, 4.69) is 41.5 Å². The lowest BCUT2D eigenvalue weighted by Crippen LogP contribution is -2.33. The average Bonchev–Trinajstić information content (AvgIpc) is 2.84. The lowest BCUT2D eigenvalue weighted by Gasteiger charge is -2.12. The van der Waals surface area contributed by atoms with Gasteiger partial charge in [0, 0.05) is 11.3 Å². The van der Waals surface area contributed by atoms with E-state index >= 15 is 0 Å². The first-order valence-electron chi connectivity index (χ1n) is 5.85. The molecule has 0 bridgehead atoms. The zero-order valence-electron chi connectivity index (χ0n) is 9.44. The molecule has 3 rings (SSSR count). The van der Waals surface area contributed by atoms with Crippen LogP contribution in [0.3, 0.4) is 0 Å². The topological polar surface area (TPSA) is 24.4 Å². The van der Waals surface area contributed by atoms with Gasteiger partial charge in [-0.1, -0.05) is 43.0 Å². The summed E-state index contributed by atoms with van der Waals surface area (Å²) in [5.74, 6) is 0. The summed E-state index contributed by atoms with van der Waals surface area (Å²) < 4.78 is 0. The number of benzene rings is 1. The molecule has 1 unspecified atom stereocenters. The third kappa shape index (κ3) is 1.96. The maximum Gasteiger partial charge on any atom is 0.157 e. The zero-order valence-corrected chi connectivity index (χ0v) is 10.3. The highest BCUT2D eigenvalue weighted by molar-refractivity contribution is 8.14. The van der Waals surface area contributed by atoms with Crippen molar-refractivity contribution in [2.45, 2.75) is 31.1 Å². The van der Waals surface area contributed by atoms with Crippen LogP contribution in [0.25, 0.3) is 0 Å². The second kappa shape index (κ2) is 4.13. The molecule has 0 radical (unpaired) electrons. The van der Waals surface area contributed by atoms with Gasteiger partial charge in [0.15, 0.2) is 5.17 Å². The van der Waals surface area contributed by atoms with Gasteiger partial charge in [0.2, 0.25) is 0 Å². The smallest absolute Gasteiger partial charge is 0.157 e. The first kappa shape index (κ1) is 10.2. The predicted octanol–water partition coefficient (Wildman–Crippen LogP) is 2.23. The van der Waals surface area contributed by atoms with E-state index in [0.29, 0.717) is 11.3 Å². The molecule has 0 fully saturated rings. The normalized spacial score (nSPS) is 24.3. The average molecular weight is 232 g/mol. The molecule has 3 heteroatoms. The molecule has 0 saturated carbocycles. The monoisotopic (exact) mass is 232 g/mol. The van der Waals surface area contributed by atoms with Gasteiger partial charge in [-0.3, -0.25) is 4.99 Å². The van der Waals surface area contributed by atoms with Crippen molar-refractivity contribution in [3.05, 3.63) is 35.4 Å².